The van der Waals surface area contributed by atoms with E-state index in [1.54, 1.807) is 60.7 Å². The fourth-order valence-corrected chi connectivity index (χ4v) is 2.47. The SMILES string of the molecule is Cc1ccc(C(=O)Oc2cccc(C=NNC(=O)c3ccc(Cl)cc3)c2)cc1. The highest BCUT2D eigenvalue weighted by Crippen LogP contribution is 2.15. The quantitative estimate of drug-likeness (QED) is 0.298. The number of esters is 1. The third-order valence-electron chi connectivity index (χ3n) is 3.84. The highest BCUT2D eigenvalue weighted by molar-refractivity contribution is 6.30. The van der Waals surface area contributed by atoms with E-state index in [2.05, 4.69) is 10.5 Å². The van der Waals surface area contributed by atoms with Gasteiger partial charge in [0.2, 0.25) is 0 Å². The molecule has 0 aliphatic heterocycles. The Bertz CT molecular complexity index is 1010. The van der Waals surface area contributed by atoms with Crippen LogP contribution < -0.4 is 10.2 Å². The van der Waals surface area contributed by atoms with Crippen LogP contribution in [0.25, 0.3) is 0 Å². The van der Waals surface area contributed by atoms with Gasteiger partial charge >= 0.3 is 5.97 Å². The molecule has 0 unspecified atom stereocenters. The summed E-state index contributed by atoms with van der Waals surface area (Å²) in [6, 6.07) is 20.5. The molecule has 0 aromatic heterocycles. The Morgan fingerprint density at radius 2 is 1.64 bits per heavy atom. The molecule has 0 atom stereocenters. The minimum absolute atomic E-state index is 0.352. The van der Waals surface area contributed by atoms with Crippen molar-refractivity contribution in [2.24, 2.45) is 5.10 Å². The van der Waals surface area contributed by atoms with Gasteiger partial charge in [-0.15, -0.1) is 0 Å². The third-order valence-corrected chi connectivity index (χ3v) is 4.09. The van der Waals surface area contributed by atoms with Crippen molar-refractivity contribution >= 4 is 29.7 Å². The van der Waals surface area contributed by atoms with Gasteiger partial charge in [0.15, 0.2) is 0 Å². The first kappa shape index (κ1) is 19.3. The van der Waals surface area contributed by atoms with E-state index in [9.17, 15) is 9.59 Å². The van der Waals surface area contributed by atoms with E-state index in [1.165, 1.54) is 6.21 Å². The van der Waals surface area contributed by atoms with Crippen LogP contribution in [0.2, 0.25) is 5.02 Å². The Labute approximate surface area is 167 Å². The monoisotopic (exact) mass is 392 g/mol. The molecule has 0 bridgehead atoms. The summed E-state index contributed by atoms with van der Waals surface area (Å²) in [5.41, 5.74) is 5.09. The van der Waals surface area contributed by atoms with Crippen molar-refractivity contribution < 1.29 is 14.3 Å². The minimum atomic E-state index is -0.440. The maximum Gasteiger partial charge on any atom is 0.343 e. The van der Waals surface area contributed by atoms with Crippen molar-refractivity contribution in [1.82, 2.24) is 5.43 Å². The lowest BCUT2D eigenvalue weighted by molar-refractivity contribution is 0.0734. The van der Waals surface area contributed by atoms with Gasteiger partial charge in [-0.1, -0.05) is 41.4 Å². The Balaban J connectivity index is 1.61. The van der Waals surface area contributed by atoms with E-state index >= 15 is 0 Å². The van der Waals surface area contributed by atoms with Crippen LogP contribution in [-0.2, 0) is 0 Å². The van der Waals surface area contributed by atoms with E-state index in [0.29, 0.717) is 27.5 Å². The molecule has 0 heterocycles. The van der Waals surface area contributed by atoms with Crippen LogP contribution in [0.5, 0.6) is 5.75 Å². The van der Waals surface area contributed by atoms with Crippen LogP contribution in [0.15, 0.2) is 77.9 Å². The minimum Gasteiger partial charge on any atom is -0.423 e. The molecule has 0 saturated carbocycles. The number of aryl methyl sites for hydroxylation is 1. The lowest BCUT2D eigenvalue weighted by Gasteiger charge is -2.05. The molecular weight excluding hydrogens is 376 g/mol. The van der Waals surface area contributed by atoms with Gasteiger partial charge in [0.05, 0.1) is 11.8 Å². The molecule has 0 aliphatic rings. The average molecular weight is 393 g/mol. The molecular formula is C22H17ClN2O3. The van der Waals surface area contributed by atoms with Crippen molar-refractivity contribution in [2.75, 3.05) is 0 Å². The molecule has 0 saturated heterocycles. The molecule has 140 valence electrons. The number of halogens is 1. The Hall–Kier alpha value is -3.44. The van der Waals surface area contributed by atoms with Crippen LogP contribution in [0, 0.1) is 6.92 Å². The number of amides is 1. The smallest absolute Gasteiger partial charge is 0.343 e. The summed E-state index contributed by atoms with van der Waals surface area (Å²) in [7, 11) is 0. The second kappa shape index (κ2) is 8.97. The molecule has 3 aromatic rings. The number of benzene rings is 3. The standard InChI is InChI=1S/C22H17ClN2O3/c1-15-5-7-18(8-6-15)22(27)28-20-4-2-3-16(13-20)14-24-25-21(26)17-9-11-19(23)12-10-17/h2-14H,1H3,(H,25,26). The van der Waals surface area contributed by atoms with Gasteiger partial charge in [-0.25, -0.2) is 10.2 Å². The molecule has 3 aromatic carbocycles. The summed E-state index contributed by atoms with van der Waals surface area (Å²) in [4.78, 5) is 24.2. The predicted molar refractivity (Wildman–Crippen MR) is 109 cm³/mol. The van der Waals surface area contributed by atoms with Gasteiger partial charge < -0.3 is 4.74 Å². The van der Waals surface area contributed by atoms with E-state index in [-0.39, 0.29) is 5.91 Å². The molecule has 1 N–H and O–H groups in total. The number of carbonyl (C=O) groups excluding carboxylic acids is 2. The van der Waals surface area contributed by atoms with Crippen LogP contribution in [0.4, 0.5) is 0 Å². The van der Waals surface area contributed by atoms with E-state index in [4.69, 9.17) is 16.3 Å². The van der Waals surface area contributed by atoms with E-state index in [1.807, 2.05) is 19.1 Å². The Morgan fingerprint density at radius 3 is 2.36 bits per heavy atom. The number of hydrogen-bond acceptors (Lipinski definition) is 4. The van der Waals surface area contributed by atoms with Gasteiger partial charge in [0, 0.05) is 10.6 Å². The normalized spacial score (nSPS) is 10.6. The van der Waals surface area contributed by atoms with Gasteiger partial charge in [0.1, 0.15) is 5.75 Å². The Morgan fingerprint density at radius 1 is 0.964 bits per heavy atom. The maximum absolute atomic E-state index is 12.2. The van der Waals surface area contributed by atoms with Crippen molar-refractivity contribution in [3.63, 3.8) is 0 Å². The molecule has 1 amide bonds. The highest BCUT2D eigenvalue weighted by atomic mass is 35.5. The van der Waals surface area contributed by atoms with E-state index in [0.717, 1.165) is 5.56 Å². The second-order valence-electron chi connectivity index (χ2n) is 6.03. The second-order valence-corrected chi connectivity index (χ2v) is 6.47. The lowest BCUT2D eigenvalue weighted by atomic mass is 10.1. The summed E-state index contributed by atoms with van der Waals surface area (Å²) in [5, 5.41) is 4.48. The van der Waals surface area contributed by atoms with Gasteiger partial charge in [0.25, 0.3) is 5.91 Å². The zero-order chi connectivity index (χ0) is 19.9. The molecule has 3 rings (SSSR count). The van der Waals surface area contributed by atoms with Gasteiger partial charge in [-0.3, -0.25) is 4.79 Å². The number of rotatable bonds is 5. The van der Waals surface area contributed by atoms with Crippen LogP contribution >= 0.6 is 11.6 Å². The molecule has 5 nitrogen and oxygen atoms in total. The van der Waals surface area contributed by atoms with Crippen LogP contribution in [0.1, 0.15) is 31.8 Å². The van der Waals surface area contributed by atoms with Crippen LogP contribution in [-0.4, -0.2) is 18.1 Å². The number of nitrogens with one attached hydrogen (secondary N) is 1. The first-order chi connectivity index (χ1) is 13.5. The Kier molecular flexibility index (Phi) is 6.19. The number of hydrazone groups is 1. The largest absolute Gasteiger partial charge is 0.423 e. The first-order valence-electron chi connectivity index (χ1n) is 8.49. The molecule has 0 radical (unpaired) electrons. The van der Waals surface area contributed by atoms with Crippen molar-refractivity contribution in [3.8, 4) is 5.75 Å². The fraction of sp³-hybridized carbons (Fsp3) is 0.0455. The van der Waals surface area contributed by atoms with Crippen molar-refractivity contribution in [3.05, 3.63) is 100 Å². The van der Waals surface area contributed by atoms with Gasteiger partial charge in [-0.2, -0.15) is 5.10 Å². The third kappa shape index (κ3) is 5.28. The molecule has 0 fully saturated rings. The summed E-state index contributed by atoms with van der Waals surface area (Å²) in [6.45, 7) is 1.95. The average Bonchev–Trinajstić information content (AvgIpc) is 2.69. The maximum atomic E-state index is 12.2. The number of ether oxygens (including phenoxy) is 1. The lowest BCUT2D eigenvalue weighted by Crippen LogP contribution is -2.17. The summed E-state index contributed by atoms with van der Waals surface area (Å²) >= 11 is 5.80. The molecule has 6 heteroatoms. The topological polar surface area (TPSA) is 67.8 Å². The first-order valence-corrected chi connectivity index (χ1v) is 8.87. The molecule has 28 heavy (non-hydrogen) atoms. The number of carbonyl (C=O) groups is 2. The van der Waals surface area contributed by atoms with E-state index < -0.39 is 5.97 Å². The van der Waals surface area contributed by atoms with Gasteiger partial charge in [-0.05, 0) is 61.0 Å². The number of hydrogen-bond donors (Lipinski definition) is 1. The molecule has 0 aliphatic carbocycles. The summed E-state index contributed by atoms with van der Waals surface area (Å²) < 4.78 is 5.39. The van der Waals surface area contributed by atoms with Crippen molar-refractivity contribution in [1.29, 1.82) is 0 Å². The summed E-state index contributed by atoms with van der Waals surface area (Å²) in [6.07, 6.45) is 1.47. The zero-order valence-electron chi connectivity index (χ0n) is 15.1. The molecule has 0 spiro atoms. The zero-order valence-corrected chi connectivity index (χ0v) is 15.8. The number of nitrogens with zero attached hydrogens (tertiary/aromatic N) is 1. The fourth-order valence-electron chi connectivity index (χ4n) is 2.35. The summed E-state index contributed by atoms with van der Waals surface area (Å²) in [5.74, 6) is -0.404. The highest BCUT2D eigenvalue weighted by Gasteiger charge is 2.08. The predicted octanol–water partition coefficient (Wildman–Crippen LogP) is 4.63. The van der Waals surface area contributed by atoms with Crippen molar-refractivity contribution in [2.45, 2.75) is 6.92 Å². The van der Waals surface area contributed by atoms with Crippen LogP contribution in [0.3, 0.4) is 0 Å².